The van der Waals surface area contributed by atoms with Gasteiger partial charge in [-0.3, -0.25) is 4.98 Å². The number of phenols is 1. The van der Waals surface area contributed by atoms with Crippen molar-refractivity contribution >= 4 is 16.7 Å². The number of hydrogen-bond acceptors (Lipinski definition) is 7. The number of nitrogens with zero attached hydrogens (tertiary/aromatic N) is 4. The largest absolute Gasteiger partial charge is 0.508 e. The summed E-state index contributed by atoms with van der Waals surface area (Å²) in [4.78, 5) is 13.4. The summed E-state index contributed by atoms with van der Waals surface area (Å²) in [5.74, 6) is 1.04. The molecule has 7 heteroatoms. The molecule has 0 aliphatic heterocycles. The fourth-order valence-electron chi connectivity index (χ4n) is 2.85. The van der Waals surface area contributed by atoms with E-state index in [0.29, 0.717) is 36.7 Å². The van der Waals surface area contributed by atoms with Gasteiger partial charge in [0.25, 0.3) is 0 Å². The third-order valence-electron chi connectivity index (χ3n) is 4.26. The Labute approximate surface area is 151 Å². The van der Waals surface area contributed by atoms with E-state index >= 15 is 0 Å². The molecule has 0 amide bonds. The number of nitrogens with one attached hydrogen (secondary N) is 1. The molecule has 7 nitrogen and oxygen atoms in total. The molecule has 0 atom stereocenters. The molecule has 3 aromatic rings. The van der Waals surface area contributed by atoms with Crippen molar-refractivity contribution in [1.82, 2.24) is 20.3 Å². The average Bonchev–Trinajstić information content (AvgIpc) is 2.63. The first-order valence-electron chi connectivity index (χ1n) is 8.30. The summed E-state index contributed by atoms with van der Waals surface area (Å²) in [5.41, 5.74) is 10.1. The molecule has 1 aromatic carbocycles. The van der Waals surface area contributed by atoms with Crippen LogP contribution in [0.1, 0.15) is 23.2 Å². The van der Waals surface area contributed by atoms with Gasteiger partial charge in [0.05, 0.1) is 23.5 Å². The van der Waals surface area contributed by atoms with Crippen molar-refractivity contribution in [2.45, 2.75) is 26.8 Å². The molecule has 26 heavy (non-hydrogen) atoms. The van der Waals surface area contributed by atoms with E-state index < -0.39 is 0 Å². The predicted octanol–water partition coefficient (Wildman–Crippen LogP) is 2.60. The van der Waals surface area contributed by atoms with Gasteiger partial charge in [-0.05, 0) is 31.5 Å². The number of pyridine rings is 1. The fourth-order valence-corrected chi connectivity index (χ4v) is 2.85. The third kappa shape index (κ3) is 3.41. The van der Waals surface area contributed by atoms with Crippen LogP contribution in [0.5, 0.6) is 5.75 Å². The lowest BCUT2D eigenvalue weighted by Crippen LogP contribution is -2.15. The number of rotatable bonds is 5. The van der Waals surface area contributed by atoms with Gasteiger partial charge in [0.1, 0.15) is 11.6 Å². The van der Waals surface area contributed by atoms with Gasteiger partial charge in [-0.1, -0.05) is 6.07 Å². The van der Waals surface area contributed by atoms with E-state index in [1.807, 2.05) is 26.0 Å². The molecular formula is C19H20N6O. The SMILES string of the molecule is Cc1ccc(O)c(C)c1-c1nc(N)c2cc(CNCCC#N)ncc2n1. The fraction of sp³-hybridized carbons (Fsp3) is 0.263. The van der Waals surface area contributed by atoms with Crippen molar-refractivity contribution in [3.63, 3.8) is 0 Å². The Bertz CT molecular complexity index is 1010. The topological polar surface area (TPSA) is 121 Å². The van der Waals surface area contributed by atoms with E-state index in [1.54, 1.807) is 12.3 Å². The van der Waals surface area contributed by atoms with Crippen LogP contribution >= 0.6 is 0 Å². The normalized spacial score (nSPS) is 10.8. The van der Waals surface area contributed by atoms with E-state index in [4.69, 9.17) is 11.0 Å². The first kappa shape index (κ1) is 17.6. The van der Waals surface area contributed by atoms with Crippen molar-refractivity contribution in [2.24, 2.45) is 0 Å². The standard InChI is InChI=1S/C19H20N6O/c1-11-4-5-16(26)12(2)17(11)19-24-15-10-23-13(9-22-7-3-6-20)8-14(15)18(21)25-19/h4-5,8,10,22,26H,3,7,9H2,1-2H3,(H2,21,24,25). The Morgan fingerprint density at radius 3 is 2.85 bits per heavy atom. The maximum atomic E-state index is 10.00. The molecule has 0 saturated heterocycles. The van der Waals surface area contributed by atoms with E-state index in [1.165, 1.54) is 0 Å². The summed E-state index contributed by atoms with van der Waals surface area (Å²) in [7, 11) is 0. The summed E-state index contributed by atoms with van der Waals surface area (Å²) in [6.07, 6.45) is 2.12. The first-order valence-corrected chi connectivity index (χ1v) is 8.30. The zero-order chi connectivity index (χ0) is 18.7. The number of hydrogen-bond donors (Lipinski definition) is 3. The van der Waals surface area contributed by atoms with E-state index in [-0.39, 0.29) is 5.75 Å². The molecule has 2 heterocycles. The number of fused-ring (bicyclic) bond motifs is 1. The molecular weight excluding hydrogens is 328 g/mol. The van der Waals surface area contributed by atoms with Gasteiger partial charge in [0.2, 0.25) is 0 Å². The van der Waals surface area contributed by atoms with Gasteiger partial charge in [-0.15, -0.1) is 0 Å². The van der Waals surface area contributed by atoms with Crippen molar-refractivity contribution in [1.29, 1.82) is 5.26 Å². The molecule has 0 fully saturated rings. The van der Waals surface area contributed by atoms with Crippen LogP contribution in [0, 0.1) is 25.2 Å². The summed E-state index contributed by atoms with van der Waals surface area (Å²) in [5, 5.41) is 22.4. The molecule has 0 spiro atoms. The van der Waals surface area contributed by atoms with Crippen LogP contribution in [0.2, 0.25) is 0 Å². The molecule has 3 rings (SSSR count). The molecule has 0 aliphatic carbocycles. The van der Waals surface area contributed by atoms with Crippen LogP contribution in [0.25, 0.3) is 22.3 Å². The second-order valence-electron chi connectivity index (χ2n) is 6.11. The van der Waals surface area contributed by atoms with Crippen LogP contribution in [-0.2, 0) is 6.54 Å². The van der Waals surface area contributed by atoms with E-state index in [9.17, 15) is 5.11 Å². The first-order chi connectivity index (χ1) is 12.5. The zero-order valence-corrected chi connectivity index (χ0v) is 14.7. The van der Waals surface area contributed by atoms with Crippen molar-refractivity contribution in [3.05, 3.63) is 41.2 Å². The average molecular weight is 348 g/mol. The van der Waals surface area contributed by atoms with Crippen LogP contribution in [0.4, 0.5) is 5.82 Å². The van der Waals surface area contributed by atoms with Crippen LogP contribution in [-0.4, -0.2) is 26.6 Å². The van der Waals surface area contributed by atoms with Gasteiger partial charge >= 0.3 is 0 Å². The number of nitrogen functional groups attached to an aromatic ring is 1. The number of benzene rings is 1. The van der Waals surface area contributed by atoms with E-state index in [2.05, 4.69) is 26.3 Å². The highest BCUT2D eigenvalue weighted by Gasteiger charge is 2.15. The summed E-state index contributed by atoms with van der Waals surface area (Å²) in [6, 6.07) is 7.43. The molecule has 0 unspecified atom stereocenters. The number of aromatic nitrogens is 3. The second kappa shape index (κ2) is 7.33. The van der Waals surface area contributed by atoms with E-state index in [0.717, 1.165) is 27.8 Å². The van der Waals surface area contributed by atoms with Crippen LogP contribution in [0.3, 0.4) is 0 Å². The highest BCUT2D eigenvalue weighted by molar-refractivity contribution is 5.89. The van der Waals surface area contributed by atoms with Gasteiger partial charge in [-0.25, -0.2) is 9.97 Å². The van der Waals surface area contributed by atoms with Gasteiger partial charge < -0.3 is 16.2 Å². The van der Waals surface area contributed by atoms with Gasteiger partial charge in [0.15, 0.2) is 5.82 Å². The molecule has 132 valence electrons. The maximum Gasteiger partial charge on any atom is 0.162 e. The molecule has 2 aromatic heterocycles. The van der Waals surface area contributed by atoms with Crippen molar-refractivity contribution < 1.29 is 5.11 Å². The van der Waals surface area contributed by atoms with Crippen LogP contribution < -0.4 is 11.1 Å². The van der Waals surface area contributed by atoms with Gasteiger partial charge in [-0.2, -0.15) is 5.26 Å². The predicted molar refractivity (Wildman–Crippen MR) is 100 cm³/mol. The Kier molecular flexibility index (Phi) is 4.96. The second-order valence-corrected chi connectivity index (χ2v) is 6.11. The third-order valence-corrected chi connectivity index (χ3v) is 4.26. The van der Waals surface area contributed by atoms with Gasteiger partial charge in [0, 0.05) is 36.0 Å². The lowest BCUT2D eigenvalue weighted by molar-refractivity contribution is 0.471. The molecule has 0 aliphatic rings. The summed E-state index contributed by atoms with van der Waals surface area (Å²) in [6.45, 7) is 4.93. The Balaban J connectivity index is 2.00. The lowest BCUT2D eigenvalue weighted by Gasteiger charge is -2.12. The van der Waals surface area contributed by atoms with Crippen molar-refractivity contribution in [3.8, 4) is 23.2 Å². The molecule has 0 saturated carbocycles. The quantitative estimate of drug-likeness (QED) is 0.606. The highest BCUT2D eigenvalue weighted by Crippen LogP contribution is 2.32. The number of nitriles is 1. The number of nitrogens with two attached hydrogens (primary N) is 1. The molecule has 0 radical (unpaired) electrons. The summed E-state index contributed by atoms with van der Waals surface area (Å²) < 4.78 is 0. The molecule has 0 bridgehead atoms. The molecule has 4 N–H and O–H groups in total. The van der Waals surface area contributed by atoms with Crippen LogP contribution in [0.15, 0.2) is 24.4 Å². The minimum absolute atomic E-state index is 0.199. The Morgan fingerprint density at radius 1 is 1.27 bits per heavy atom. The maximum absolute atomic E-state index is 10.00. The minimum Gasteiger partial charge on any atom is -0.508 e. The number of anilines is 1. The number of phenolic OH excluding ortho intramolecular Hbond substituents is 1. The smallest absolute Gasteiger partial charge is 0.162 e. The van der Waals surface area contributed by atoms with Crippen molar-refractivity contribution in [2.75, 3.05) is 12.3 Å². The Hall–Kier alpha value is -3.24. The minimum atomic E-state index is 0.199. The number of aryl methyl sites for hydroxylation is 1. The Morgan fingerprint density at radius 2 is 2.08 bits per heavy atom. The lowest BCUT2D eigenvalue weighted by atomic mass is 10.0. The summed E-state index contributed by atoms with van der Waals surface area (Å²) >= 11 is 0. The zero-order valence-electron chi connectivity index (χ0n) is 14.7. The monoisotopic (exact) mass is 348 g/mol. The number of aromatic hydroxyl groups is 1. The highest BCUT2D eigenvalue weighted by atomic mass is 16.3.